The number of rotatable bonds is 2. The van der Waals surface area contributed by atoms with Gasteiger partial charge in [0.2, 0.25) is 6.79 Å². The van der Waals surface area contributed by atoms with Gasteiger partial charge in [-0.05, 0) is 59.9 Å². The molecule has 0 saturated carbocycles. The number of pyridine rings is 1. The number of para-hydroxylation sites is 2. The Labute approximate surface area is 179 Å². The average Bonchev–Trinajstić information content (AvgIpc) is 3.20. The molecule has 2 atom stereocenters. The molecule has 6 rings (SSSR count). The van der Waals surface area contributed by atoms with Gasteiger partial charge in [0, 0.05) is 30.1 Å². The second kappa shape index (κ2) is 7.16. The normalized spacial score (nSPS) is 21.5. The molecule has 2 aromatic carbocycles. The fourth-order valence-corrected chi connectivity index (χ4v) is 4.70. The van der Waals surface area contributed by atoms with E-state index >= 15 is 0 Å². The zero-order valence-electron chi connectivity index (χ0n) is 16.8. The van der Waals surface area contributed by atoms with Crippen molar-refractivity contribution < 1.29 is 14.3 Å². The van der Waals surface area contributed by atoms with Crippen LogP contribution in [0.25, 0.3) is 0 Å². The highest BCUT2D eigenvalue weighted by Gasteiger charge is 2.36. The Morgan fingerprint density at radius 3 is 2.55 bits per heavy atom. The van der Waals surface area contributed by atoms with Gasteiger partial charge in [-0.3, -0.25) is 9.78 Å². The number of nitrogens with one attached hydrogen (secondary N) is 2. The van der Waals surface area contributed by atoms with Crippen LogP contribution >= 0.6 is 0 Å². The van der Waals surface area contributed by atoms with Gasteiger partial charge in [0.05, 0.1) is 17.4 Å². The topological polar surface area (TPSA) is 72.5 Å². The van der Waals surface area contributed by atoms with E-state index in [9.17, 15) is 4.79 Å². The first kappa shape index (κ1) is 18.0. The van der Waals surface area contributed by atoms with Gasteiger partial charge in [0.25, 0.3) is 0 Å². The van der Waals surface area contributed by atoms with E-state index < -0.39 is 0 Å². The summed E-state index contributed by atoms with van der Waals surface area (Å²) in [6.07, 6.45) is 4.74. The van der Waals surface area contributed by atoms with E-state index in [0.29, 0.717) is 6.42 Å². The number of ether oxygens (including phenoxy) is 2. The summed E-state index contributed by atoms with van der Waals surface area (Å²) in [5.41, 5.74) is 5.85. The molecule has 2 N–H and O–H groups in total. The molecule has 154 valence electrons. The van der Waals surface area contributed by atoms with Crippen LogP contribution in [-0.4, -0.2) is 17.6 Å². The second-order valence-corrected chi connectivity index (χ2v) is 8.06. The summed E-state index contributed by atoms with van der Waals surface area (Å²) in [5.74, 6) is 1.74. The van der Waals surface area contributed by atoms with Gasteiger partial charge in [-0.15, -0.1) is 0 Å². The molecule has 6 nitrogen and oxygen atoms in total. The number of carbonyl (C=O) groups is 1. The number of Topliss-reactive ketones (excluding diaryl/α,β-unsaturated/α-hetero) is 1. The number of hydrogen-bond acceptors (Lipinski definition) is 6. The molecule has 3 aromatic rings. The van der Waals surface area contributed by atoms with Crippen molar-refractivity contribution in [2.24, 2.45) is 0 Å². The third-order valence-corrected chi connectivity index (χ3v) is 6.22. The first-order chi connectivity index (χ1) is 15.3. The molecule has 0 unspecified atom stereocenters. The SMILES string of the molecule is O=C1C[C@H](c2ccc3c(c2)OCO3)CC2=C1[C@H](c1ccncc1)Nc1ccccc1N2. The predicted molar refractivity (Wildman–Crippen MR) is 117 cm³/mol. The Morgan fingerprint density at radius 1 is 0.871 bits per heavy atom. The number of benzene rings is 2. The van der Waals surface area contributed by atoms with E-state index in [1.807, 2.05) is 54.6 Å². The third-order valence-electron chi connectivity index (χ3n) is 6.22. The number of anilines is 2. The summed E-state index contributed by atoms with van der Waals surface area (Å²) in [5, 5.41) is 7.16. The zero-order chi connectivity index (χ0) is 20.8. The van der Waals surface area contributed by atoms with Gasteiger partial charge >= 0.3 is 0 Å². The van der Waals surface area contributed by atoms with Gasteiger partial charge in [0.1, 0.15) is 0 Å². The number of nitrogens with zero attached hydrogens (tertiary/aromatic N) is 1. The Hall–Kier alpha value is -3.80. The van der Waals surface area contributed by atoms with Gasteiger partial charge in [-0.2, -0.15) is 0 Å². The fraction of sp³-hybridized carbons (Fsp3) is 0.200. The van der Waals surface area contributed by atoms with E-state index in [-0.39, 0.29) is 24.5 Å². The highest BCUT2D eigenvalue weighted by atomic mass is 16.7. The number of allylic oxidation sites excluding steroid dienone is 1. The van der Waals surface area contributed by atoms with Crippen molar-refractivity contribution in [3.05, 3.63) is 89.4 Å². The molecular weight excluding hydrogens is 390 g/mol. The molecule has 0 radical (unpaired) electrons. The van der Waals surface area contributed by atoms with Gasteiger partial charge in [-0.1, -0.05) is 18.2 Å². The molecular formula is C25H21N3O3. The molecule has 0 bridgehead atoms. The van der Waals surface area contributed by atoms with Crippen LogP contribution in [0, 0.1) is 0 Å². The van der Waals surface area contributed by atoms with Crippen LogP contribution in [0.3, 0.4) is 0 Å². The largest absolute Gasteiger partial charge is 0.454 e. The number of hydrogen-bond donors (Lipinski definition) is 2. The summed E-state index contributed by atoms with van der Waals surface area (Å²) in [4.78, 5) is 17.7. The van der Waals surface area contributed by atoms with Gasteiger partial charge in [0.15, 0.2) is 17.3 Å². The minimum atomic E-state index is -0.223. The maximum atomic E-state index is 13.5. The number of ketones is 1. The third kappa shape index (κ3) is 3.11. The van der Waals surface area contributed by atoms with E-state index in [1.54, 1.807) is 12.4 Å². The van der Waals surface area contributed by atoms with Crippen LogP contribution in [0.1, 0.15) is 35.9 Å². The summed E-state index contributed by atoms with van der Waals surface area (Å²) in [7, 11) is 0. The van der Waals surface area contributed by atoms with Crippen molar-refractivity contribution in [2.75, 3.05) is 17.4 Å². The molecule has 0 saturated heterocycles. The van der Waals surface area contributed by atoms with E-state index in [2.05, 4.69) is 15.6 Å². The first-order valence-electron chi connectivity index (χ1n) is 10.4. The number of fused-ring (bicyclic) bond motifs is 2. The Morgan fingerprint density at radius 2 is 1.68 bits per heavy atom. The van der Waals surface area contributed by atoms with Crippen molar-refractivity contribution >= 4 is 17.2 Å². The highest BCUT2D eigenvalue weighted by Crippen LogP contribution is 2.45. The quantitative estimate of drug-likeness (QED) is 0.632. The fourth-order valence-electron chi connectivity index (χ4n) is 4.70. The first-order valence-corrected chi connectivity index (χ1v) is 10.4. The molecule has 0 fully saturated rings. The molecule has 3 heterocycles. The summed E-state index contributed by atoms with van der Waals surface area (Å²) in [6, 6.07) is 17.8. The molecule has 6 heteroatoms. The molecule has 3 aliphatic rings. The molecule has 1 aliphatic carbocycles. The monoisotopic (exact) mass is 411 g/mol. The molecule has 31 heavy (non-hydrogen) atoms. The van der Waals surface area contributed by atoms with Crippen LogP contribution < -0.4 is 20.1 Å². The smallest absolute Gasteiger partial charge is 0.231 e. The predicted octanol–water partition coefficient (Wildman–Crippen LogP) is 4.79. The van der Waals surface area contributed by atoms with Crippen molar-refractivity contribution in [3.63, 3.8) is 0 Å². The molecule has 0 spiro atoms. The van der Waals surface area contributed by atoms with Crippen LogP contribution in [0.2, 0.25) is 0 Å². The van der Waals surface area contributed by atoms with Crippen LogP contribution in [0.5, 0.6) is 11.5 Å². The van der Waals surface area contributed by atoms with Crippen molar-refractivity contribution in [1.82, 2.24) is 4.98 Å². The standard InChI is InChI=1S/C25H21N3O3/c29-21-12-17(16-5-6-22-23(13-16)31-14-30-22)11-20-24(21)25(15-7-9-26-10-8-15)28-19-4-2-1-3-18(19)27-20/h1-10,13,17,25,27-28H,11-12,14H2/t17-,25+/m1/s1. The Bertz CT molecular complexity index is 1210. The van der Waals surface area contributed by atoms with Crippen molar-refractivity contribution in [2.45, 2.75) is 24.8 Å². The van der Waals surface area contributed by atoms with Crippen molar-refractivity contribution in [1.29, 1.82) is 0 Å². The molecule has 0 amide bonds. The zero-order valence-corrected chi connectivity index (χ0v) is 16.8. The minimum Gasteiger partial charge on any atom is -0.454 e. The van der Waals surface area contributed by atoms with Crippen LogP contribution in [0.15, 0.2) is 78.3 Å². The van der Waals surface area contributed by atoms with Crippen LogP contribution in [-0.2, 0) is 4.79 Å². The average molecular weight is 411 g/mol. The molecule has 2 aliphatic heterocycles. The van der Waals surface area contributed by atoms with E-state index in [4.69, 9.17) is 9.47 Å². The number of carbonyl (C=O) groups excluding carboxylic acids is 1. The lowest BCUT2D eigenvalue weighted by molar-refractivity contribution is -0.116. The minimum absolute atomic E-state index is 0.0802. The second-order valence-electron chi connectivity index (χ2n) is 8.06. The highest BCUT2D eigenvalue weighted by molar-refractivity contribution is 6.01. The summed E-state index contributed by atoms with van der Waals surface area (Å²) >= 11 is 0. The maximum absolute atomic E-state index is 13.5. The maximum Gasteiger partial charge on any atom is 0.231 e. The lowest BCUT2D eigenvalue weighted by Crippen LogP contribution is -2.26. The van der Waals surface area contributed by atoms with Crippen molar-refractivity contribution in [3.8, 4) is 11.5 Å². The number of aromatic nitrogens is 1. The van der Waals surface area contributed by atoms with Gasteiger partial charge in [-0.25, -0.2) is 0 Å². The van der Waals surface area contributed by atoms with E-state index in [0.717, 1.165) is 51.7 Å². The molecule has 1 aromatic heterocycles. The van der Waals surface area contributed by atoms with Gasteiger partial charge < -0.3 is 20.1 Å². The lowest BCUT2D eigenvalue weighted by atomic mass is 9.78. The Balaban J connectivity index is 1.43. The van der Waals surface area contributed by atoms with Crippen LogP contribution in [0.4, 0.5) is 11.4 Å². The summed E-state index contributed by atoms with van der Waals surface area (Å²) in [6.45, 7) is 0.245. The lowest BCUT2D eigenvalue weighted by Gasteiger charge is -2.30. The summed E-state index contributed by atoms with van der Waals surface area (Å²) < 4.78 is 11.0. The van der Waals surface area contributed by atoms with E-state index in [1.165, 1.54) is 0 Å². The Kier molecular flexibility index (Phi) is 4.16.